The molecule has 1 aromatic rings. The van der Waals surface area contributed by atoms with Crippen molar-refractivity contribution >= 4 is 17.7 Å². The first-order valence-corrected chi connectivity index (χ1v) is 6.90. The van der Waals surface area contributed by atoms with E-state index < -0.39 is 23.2 Å². The first-order chi connectivity index (χ1) is 9.86. The van der Waals surface area contributed by atoms with Gasteiger partial charge in [0, 0.05) is 13.1 Å². The third-order valence-electron chi connectivity index (χ3n) is 4.23. The van der Waals surface area contributed by atoms with Crippen molar-refractivity contribution in [3.8, 4) is 0 Å². The highest BCUT2D eigenvalue weighted by Gasteiger charge is 2.48. The van der Waals surface area contributed by atoms with E-state index in [1.165, 1.54) is 23.1 Å². The van der Waals surface area contributed by atoms with Gasteiger partial charge in [0.15, 0.2) is 0 Å². The number of halogens is 1. The van der Waals surface area contributed by atoms with E-state index in [0.717, 1.165) is 0 Å². The quantitative estimate of drug-likeness (QED) is 0.900. The molecule has 1 fully saturated rings. The number of anilines is 1. The number of amides is 2. The second-order valence-corrected chi connectivity index (χ2v) is 5.70. The molecule has 2 N–H and O–H groups in total. The summed E-state index contributed by atoms with van der Waals surface area (Å²) in [6.07, 6.45) is 0.407. The number of urea groups is 1. The van der Waals surface area contributed by atoms with Gasteiger partial charge in [-0.05, 0) is 24.5 Å². The number of carbonyl (C=O) groups is 2. The summed E-state index contributed by atoms with van der Waals surface area (Å²) in [6.45, 7) is 4.17. The van der Waals surface area contributed by atoms with E-state index in [9.17, 15) is 19.1 Å². The van der Waals surface area contributed by atoms with E-state index in [4.69, 9.17) is 0 Å². The van der Waals surface area contributed by atoms with Crippen LogP contribution in [-0.4, -0.2) is 35.1 Å². The predicted molar refractivity (Wildman–Crippen MR) is 76.5 cm³/mol. The van der Waals surface area contributed by atoms with Gasteiger partial charge in [0.1, 0.15) is 5.82 Å². The Morgan fingerprint density at radius 2 is 2.05 bits per heavy atom. The number of hydrogen-bond donors (Lipinski definition) is 2. The van der Waals surface area contributed by atoms with Crippen LogP contribution in [0.15, 0.2) is 24.3 Å². The number of hydrogen-bond acceptors (Lipinski definition) is 2. The van der Waals surface area contributed by atoms with Crippen molar-refractivity contribution in [1.82, 2.24) is 4.90 Å². The van der Waals surface area contributed by atoms with Gasteiger partial charge >= 0.3 is 12.0 Å². The van der Waals surface area contributed by atoms with Gasteiger partial charge in [-0.15, -0.1) is 0 Å². The molecule has 6 heteroatoms. The zero-order valence-electron chi connectivity index (χ0n) is 12.1. The molecule has 1 saturated heterocycles. The van der Waals surface area contributed by atoms with Crippen molar-refractivity contribution in [3.05, 3.63) is 30.1 Å². The van der Waals surface area contributed by atoms with Crippen LogP contribution in [0.5, 0.6) is 0 Å². The average molecular weight is 294 g/mol. The van der Waals surface area contributed by atoms with E-state index in [1.54, 1.807) is 6.07 Å². The fourth-order valence-corrected chi connectivity index (χ4v) is 2.66. The third-order valence-corrected chi connectivity index (χ3v) is 4.23. The summed E-state index contributed by atoms with van der Waals surface area (Å²) in [4.78, 5) is 25.1. The molecule has 0 aromatic heterocycles. The van der Waals surface area contributed by atoms with Crippen LogP contribution in [0.4, 0.5) is 14.9 Å². The normalized spacial score (nSPS) is 21.6. The summed E-state index contributed by atoms with van der Waals surface area (Å²) in [7, 11) is 0. The molecule has 1 heterocycles. The number of carbonyl (C=O) groups excluding carboxylic acids is 1. The lowest BCUT2D eigenvalue weighted by Gasteiger charge is -2.28. The largest absolute Gasteiger partial charge is 0.481 e. The lowest BCUT2D eigenvalue weighted by molar-refractivity contribution is -0.150. The highest BCUT2D eigenvalue weighted by Crippen LogP contribution is 2.38. The molecule has 1 aromatic carbocycles. The van der Waals surface area contributed by atoms with Gasteiger partial charge in [-0.1, -0.05) is 26.0 Å². The number of carboxylic acids is 1. The molecule has 21 heavy (non-hydrogen) atoms. The third kappa shape index (κ3) is 2.84. The highest BCUT2D eigenvalue weighted by molar-refractivity contribution is 5.90. The topological polar surface area (TPSA) is 69.6 Å². The van der Waals surface area contributed by atoms with E-state index in [0.29, 0.717) is 13.0 Å². The second kappa shape index (κ2) is 5.71. The predicted octanol–water partition coefficient (Wildman–Crippen LogP) is 2.79. The standard InChI is InChI=1S/C15H19FN2O3/c1-10(2)15(13(19)20)7-8-18(9-15)14(21)17-12-6-4-3-5-11(12)16/h3-6,10H,7-9H2,1-2H3,(H,17,21)(H,19,20). The SMILES string of the molecule is CC(C)C1(C(=O)O)CCN(C(=O)Nc2ccccc2F)C1. The summed E-state index contributed by atoms with van der Waals surface area (Å²) in [5.74, 6) is -1.49. The Bertz CT molecular complexity index is 562. The molecule has 5 nitrogen and oxygen atoms in total. The van der Waals surface area contributed by atoms with Gasteiger partial charge in [-0.25, -0.2) is 9.18 Å². The van der Waals surface area contributed by atoms with Crippen LogP contribution in [0.2, 0.25) is 0 Å². The Labute approximate surface area is 122 Å². The molecule has 1 unspecified atom stereocenters. The van der Waals surface area contributed by atoms with Gasteiger partial charge in [-0.3, -0.25) is 4.79 Å². The van der Waals surface area contributed by atoms with E-state index >= 15 is 0 Å². The van der Waals surface area contributed by atoms with E-state index in [1.807, 2.05) is 13.8 Å². The number of nitrogens with zero attached hydrogens (tertiary/aromatic N) is 1. The monoisotopic (exact) mass is 294 g/mol. The Kier molecular flexibility index (Phi) is 4.16. The molecule has 0 saturated carbocycles. The van der Waals surface area contributed by atoms with Crippen molar-refractivity contribution in [1.29, 1.82) is 0 Å². The molecule has 1 aliphatic heterocycles. The molecule has 2 rings (SSSR count). The first-order valence-electron chi connectivity index (χ1n) is 6.90. The molecule has 1 atom stereocenters. The summed E-state index contributed by atoms with van der Waals surface area (Å²) < 4.78 is 13.5. The van der Waals surface area contributed by atoms with Crippen LogP contribution in [-0.2, 0) is 4.79 Å². The van der Waals surface area contributed by atoms with Crippen molar-refractivity contribution < 1.29 is 19.1 Å². The molecule has 0 radical (unpaired) electrons. The minimum Gasteiger partial charge on any atom is -0.481 e. The van der Waals surface area contributed by atoms with Crippen molar-refractivity contribution in [3.63, 3.8) is 0 Å². The molecular formula is C15H19FN2O3. The number of rotatable bonds is 3. The summed E-state index contributed by atoms with van der Waals surface area (Å²) in [6, 6.07) is 5.42. The maximum Gasteiger partial charge on any atom is 0.321 e. The second-order valence-electron chi connectivity index (χ2n) is 5.70. The summed E-state index contributed by atoms with van der Waals surface area (Å²) >= 11 is 0. The molecule has 1 aliphatic rings. The van der Waals surface area contributed by atoms with Gasteiger partial charge in [-0.2, -0.15) is 0 Å². The number of likely N-dealkylation sites (tertiary alicyclic amines) is 1. The Balaban J connectivity index is 2.09. The fourth-order valence-electron chi connectivity index (χ4n) is 2.66. The lowest BCUT2D eigenvalue weighted by atomic mass is 9.76. The zero-order chi connectivity index (χ0) is 15.6. The van der Waals surface area contributed by atoms with E-state index in [-0.39, 0.29) is 18.2 Å². The van der Waals surface area contributed by atoms with Crippen LogP contribution in [0.25, 0.3) is 0 Å². The van der Waals surface area contributed by atoms with Crippen LogP contribution >= 0.6 is 0 Å². The summed E-state index contributed by atoms with van der Waals surface area (Å²) in [5, 5.41) is 11.9. The van der Waals surface area contributed by atoms with Crippen molar-refractivity contribution in [2.75, 3.05) is 18.4 Å². The number of aliphatic carboxylic acids is 1. The van der Waals surface area contributed by atoms with Crippen molar-refractivity contribution in [2.45, 2.75) is 20.3 Å². The maximum atomic E-state index is 13.5. The molecule has 114 valence electrons. The summed E-state index contributed by atoms with van der Waals surface area (Å²) in [5.41, 5.74) is -0.827. The van der Waals surface area contributed by atoms with Gasteiger partial charge in [0.2, 0.25) is 0 Å². The maximum absolute atomic E-state index is 13.5. The lowest BCUT2D eigenvalue weighted by Crippen LogP contribution is -2.41. The number of carboxylic acid groups (broad SMARTS) is 1. The minimum absolute atomic E-state index is 0.0822. The number of nitrogens with one attached hydrogen (secondary N) is 1. The Morgan fingerprint density at radius 3 is 2.57 bits per heavy atom. The zero-order valence-corrected chi connectivity index (χ0v) is 12.1. The molecule has 0 spiro atoms. The van der Waals surface area contributed by atoms with E-state index in [2.05, 4.69) is 5.32 Å². The van der Waals surface area contributed by atoms with Gasteiger partial charge in [0.25, 0.3) is 0 Å². The van der Waals surface area contributed by atoms with Gasteiger partial charge in [0.05, 0.1) is 11.1 Å². The molecule has 0 aliphatic carbocycles. The van der Waals surface area contributed by atoms with Crippen LogP contribution < -0.4 is 5.32 Å². The molecule has 0 bridgehead atoms. The fraction of sp³-hybridized carbons (Fsp3) is 0.467. The smallest absolute Gasteiger partial charge is 0.321 e. The van der Waals surface area contributed by atoms with Crippen LogP contribution in [0.3, 0.4) is 0 Å². The molecule has 2 amide bonds. The minimum atomic E-state index is -0.924. The number of benzene rings is 1. The van der Waals surface area contributed by atoms with Gasteiger partial charge < -0.3 is 15.3 Å². The average Bonchev–Trinajstić information content (AvgIpc) is 2.88. The molecular weight excluding hydrogens is 275 g/mol. The Morgan fingerprint density at radius 1 is 1.38 bits per heavy atom. The van der Waals surface area contributed by atoms with Crippen LogP contribution in [0.1, 0.15) is 20.3 Å². The number of para-hydroxylation sites is 1. The first kappa shape index (κ1) is 15.3. The van der Waals surface area contributed by atoms with Crippen molar-refractivity contribution in [2.24, 2.45) is 11.3 Å². The Hall–Kier alpha value is -2.11. The van der Waals surface area contributed by atoms with Crippen LogP contribution in [0, 0.1) is 17.2 Å². The highest BCUT2D eigenvalue weighted by atomic mass is 19.1.